The Bertz CT molecular complexity index is 669. The minimum absolute atomic E-state index is 0.676. The van der Waals surface area contributed by atoms with Gasteiger partial charge in [0.15, 0.2) is 5.76 Å². The average Bonchev–Trinajstić information content (AvgIpc) is 2.80. The molecule has 0 fully saturated rings. The number of hydrogen-bond acceptors (Lipinski definition) is 2. The highest BCUT2D eigenvalue weighted by Crippen LogP contribution is 2.17. The number of nitrogens with zero attached hydrogens (tertiary/aromatic N) is 1. The molecule has 1 aromatic carbocycles. The molecule has 0 atom stereocenters. The van der Waals surface area contributed by atoms with Gasteiger partial charge in [-0.25, -0.2) is 0 Å². The molecule has 17 heavy (non-hydrogen) atoms. The van der Waals surface area contributed by atoms with E-state index in [0.717, 1.165) is 16.5 Å². The molecule has 2 heterocycles. The molecule has 3 aromatic rings. The molecule has 0 spiro atoms. The molecule has 3 rings (SSSR count). The molecule has 0 aliphatic carbocycles. The minimum atomic E-state index is 0.676. The SMILES string of the molecule is C(#Cc1cc2ccccc2o1)c1cccnc1. The van der Waals surface area contributed by atoms with Crippen molar-refractivity contribution in [1.82, 2.24) is 4.98 Å². The molecule has 0 aliphatic heterocycles. The summed E-state index contributed by atoms with van der Waals surface area (Å²) < 4.78 is 5.60. The second-order valence-electron chi connectivity index (χ2n) is 3.64. The minimum Gasteiger partial charge on any atom is -0.448 e. The average molecular weight is 219 g/mol. The first-order valence-electron chi connectivity index (χ1n) is 5.32. The van der Waals surface area contributed by atoms with Crippen LogP contribution in [0.5, 0.6) is 0 Å². The summed E-state index contributed by atoms with van der Waals surface area (Å²) in [6.07, 6.45) is 3.46. The Morgan fingerprint density at radius 1 is 1.00 bits per heavy atom. The van der Waals surface area contributed by atoms with Crippen LogP contribution in [-0.2, 0) is 0 Å². The molecule has 2 aromatic heterocycles. The Labute approximate surface area is 98.9 Å². The van der Waals surface area contributed by atoms with E-state index in [0.29, 0.717) is 5.76 Å². The number of rotatable bonds is 0. The summed E-state index contributed by atoms with van der Waals surface area (Å²) in [4.78, 5) is 4.01. The predicted molar refractivity (Wildman–Crippen MR) is 66.4 cm³/mol. The van der Waals surface area contributed by atoms with Gasteiger partial charge in [0.05, 0.1) is 0 Å². The van der Waals surface area contributed by atoms with Crippen molar-refractivity contribution in [3.8, 4) is 11.8 Å². The predicted octanol–water partition coefficient (Wildman–Crippen LogP) is 3.23. The molecule has 0 radical (unpaired) electrons. The standard InChI is InChI=1S/C15H9NO/c1-2-6-15-13(5-1)10-14(17-15)8-7-12-4-3-9-16-11-12/h1-6,9-11H. The molecule has 0 saturated carbocycles. The summed E-state index contributed by atoms with van der Waals surface area (Å²) in [6, 6.07) is 13.6. The molecule has 0 N–H and O–H groups in total. The second kappa shape index (κ2) is 4.15. The maximum Gasteiger partial charge on any atom is 0.178 e. The molecule has 0 amide bonds. The molecular formula is C15H9NO. The van der Waals surface area contributed by atoms with Crippen molar-refractivity contribution in [2.45, 2.75) is 0 Å². The maximum atomic E-state index is 5.60. The lowest BCUT2D eigenvalue weighted by molar-refractivity contribution is 0.601. The largest absolute Gasteiger partial charge is 0.448 e. The van der Waals surface area contributed by atoms with E-state index >= 15 is 0 Å². The monoisotopic (exact) mass is 219 g/mol. The number of aromatic nitrogens is 1. The van der Waals surface area contributed by atoms with Gasteiger partial charge in [-0.05, 0) is 24.1 Å². The Hall–Kier alpha value is -2.53. The molecule has 2 heteroatoms. The van der Waals surface area contributed by atoms with Crippen LogP contribution in [0.3, 0.4) is 0 Å². The van der Waals surface area contributed by atoms with Crippen LogP contribution < -0.4 is 0 Å². The summed E-state index contributed by atoms with van der Waals surface area (Å²) in [7, 11) is 0. The third-order valence-corrected chi connectivity index (χ3v) is 2.42. The lowest BCUT2D eigenvalue weighted by Gasteiger charge is -1.85. The first-order chi connectivity index (χ1) is 8.42. The van der Waals surface area contributed by atoms with Gasteiger partial charge in [-0.2, -0.15) is 0 Å². The quantitative estimate of drug-likeness (QED) is 0.542. The number of furan rings is 1. The third kappa shape index (κ3) is 2.04. The van der Waals surface area contributed by atoms with E-state index < -0.39 is 0 Å². The van der Waals surface area contributed by atoms with Crippen LogP contribution in [0.4, 0.5) is 0 Å². The summed E-state index contributed by atoms with van der Waals surface area (Å²) in [6.45, 7) is 0. The van der Waals surface area contributed by atoms with Gasteiger partial charge in [0.2, 0.25) is 0 Å². The first-order valence-corrected chi connectivity index (χ1v) is 5.32. The van der Waals surface area contributed by atoms with Crippen LogP contribution in [0.2, 0.25) is 0 Å². The van der Waals surface area contributed by atoms with Crippen LogP contribution in [-0.4, -0.2) is 4.98 Å². The topological polar surface area (TPSA) is 26.0 Å². The first kappa shape index (κ1) is 9.68. The summed E-state index contributed by atoms with van der Waals surface area (Å²) >= 11 is 0. The number of pyridine rings is 1. The normalized spacial score (nSPS) is 9.88. The summed E-state index contributed by atoms with van der Waals surface area (Å²) in [5, 5.41) is 1.07. The number of para-hydroxylation sites is 1. The summed E-state index contributed by atoms with van der Waals surface area (Å²) in [5.74, 6) is 6.69. The Morgan fingerprint density at radius 3 is 2.76 bits per heavy atom. The Balaban J connectivity index is 1.98. The number of hydrogen-bond donors (Lipinski definition) is 0. The van der Waals surface area contributed by atoms with Crippen molar-refractivity contribution in [2.24, 2.45) is 0 Å². The van der Waals surface area contributed by atoms with Crippen LogP contribution in [0.25, 0.3) is 11.0 Å². The van der Waals surface area contributed by atoms with Crippen molar-refractivity contribution in [1.29, 1.82) is 0 Å². The van der Waals surface area contributed by atoms with Crippen molar-refractivity contribution in [2.75, 3.05) is 0 Å². The summed E-state index contributed by atoms with van der Waals surface area (Å²) in [5.41, 5.74) is 1.75. The second-order valence-corrected chi connectivity index (χ2v) is 3.64. The zero-order chi connectivity index (χ0) is 11.5. The zero-order valence-corrected chi connectivity index (χ0v) is 9.05. The van der Waals surface area contributed by atoms with Crippen LogP contribution in [0.15, 0.2) is 59.3 Å². The fraction of sp³-hybridized carbons (Fsp3) is 0. The van der Waals surface area contributed by atoms with Crippen molar-refractivity contribution >= 4 is 11.0 Å². The van der Waals surface area contributed by atoms with E-state index in [1.54, 1.807) is 12.4 Å². The highest BCUT2D eigenvalue weighted by molar-refractivity contribution is 5.78. The van der Waals surface area contributed by atoms with E-state index in [-0.39, 0.29) is 0 Å². The lowest BCUT2D eigenvalue weighted by Crippen LogP contribution is -1.74. The van der Waals surface area contributed by atoms with E-state index in [2.05, 4.69) is 16.8 Å². The molecule has 0 saturated heterocycles. The molecular weight excluding hydrogens is 210 g/mol. The molecule has 80 valence electrons. The van der Waals surface area contributed by atoms with Crippen molar-refractivity contribution in [3.63, 3.8) is 0 Å². The smallest absolute Gasteiger partial charge is 0.178 e. The van der Waals surface area contributed by atoms with Crippen molar-refractivity contribution in [3.05, 3.63) is 66.2 Å². The number of benzene rings is 1. The van der Waals surface area contributed by atoms with Gasteiger partial charge in [-0.15, -0.1) is 0 Å². The van der Waals surface area contributed by atoms with Gasteiger partial charge < -0.3 is 4.42 Å². The van der Waals surface area contributed by atoms with Crippen LogP contribution in [0.1, 0.15) is 11.3 Å². The molecule has 0 bridgehead atoms. The fourth-order valence-corrected chi connectivity index (χ4v) is 1.61. The van der Waals surface area contributed by atoms with Gasteiger partial charge >= 0.3 is 0 Å². The van der Waals surface area contributed by atoms with E-state index in [1.165, 1.54) is 0 Å². The van der Waals surface area contributed by atoms with Crippen LogP contribution in [0, 0.1) is 11.8 Å². The van der Waals surface area contributed by atoms with Crippen LogP contribution >= 0.6 is 0 Å². The van der Waals surface area contributed by atoms with E-state index in [1.807, 2.05) is 42.5 Å². The van der Waals surface area contributed by atoms with Gasteiger partial charge in [0.25, 0.3) is 0 Å². The Kier molecular flexibility index (Phi) is 2.36. The highest BCUT2D eigenvalue weighted by atomic mass is 16.3. The zero-order valence-electron chi connectivity index (χ0n) is 9.05. The van der Waals surface area contributed by atoms with E-state index in [4.69, 9.17) is 4.42 Å². The lowest BCUT2D eigenvalue weighted by atomic mass is 10.2. The maximum absolute atomic E-state index is 5.60. The Morgan fingerprint density at radius 2 is 1.94 bits per heavy atom. The molecule has 0 unspecified atom stereocenters. The van der Waals surface area contributed by atoms with Gasteiger partial charge in [-0.1, -0.05) is 24.1 Å². The van der Waals surface area contributed by atoms with Gasteiger partial charge in [0.1, 0.15) is 5.58 Å². The highest BCUT2D eigenvalue weighted by Gasteiger charge is 1.98. The van der Waals surface area contributed by atoms with E-state index in [9.17, 15) is 0 Å². The third-order valence-electron chi connectivity index (χ3n) is 2.42. The number of fused-ring (bicyclic) bond motifs is 1. The molecule has 0 aliphatic rings. The molecule has 2 nitrogen and oxygen atoms in total. The van der Waals surface area contributed by atoms with Gasteiger partial charge in [-0.3, -0.25) is 4.98 Å². The fourth-order valence-electron chi connectivity index (χ4n) is 1.61. The van der Waals surface area contributed by atoms with Gasteiger partial charge in [0, 0.05) is 29.4 Å². The van der Waals surface area contributed by atoms with Crippen molar-refractivity contribution < 1.29 is 4.42 Å².